The van der Waals surface area contributed by atoms with Crippen LogP contribution in [-0.4, -0.2) is 72.3 Å². The summed E-state index contributed by atoms with van der Waals surface area (Å²) in [6.07, 6.45) is 8.33. The molecular weight excluding hydrogens is 416 g/mol. The molecule has 0 aliphatic rings. The fraction of sp³-hybridized carbons (Fsp3) is 0.565. The lowest BCUT2D eigenvalue weighted by molar-refractivity contribution is -0.698. The topological polar surface area (TPSA) is 53.9 Å². The molecule has 0 unspecified atom stereocenters. The summed E-state index contributed by atoms with van der Waals surface area (Å²) in [6, 6.07) is 8.51. The quantitative estimate of drug-likeness (QED) is 0.211. The predicted molar refractivity (Wildman–Crippen MR) is 121 cm³/mol. The van der Waals surface area contributed by atoms with Gasteiger partial charge in [0.15, 0.2) is 37.9 Å². The van der Waals surface area contributed by atoms with E-state index in [2.05, 4.69) is 70.8 Å². The van der Waals surface area contributed by atoms with Gasteiger partial charge in [0.1, 0.15) is 13.2 Å². The normalized spacial score (nSPS) is 11.2. The van der Waals surface area contributed by atoms with Crippen LogP contribution in [0.15, 0.2) is 49.1 Å². The van der Waals surface area contributed by atoms with Crippen molar-refractivity contribution in [1.82, 2.24) is 0 Å². The smallest absolute Gasteiger partial charge is 0.171 e. The third kappa shape index (κ3) is 11.6. The van der Waals surface area contributed by atoms with Gasteiger partial charge in [-0.2, -0.15) is 12.6 Å². The highest BCUT2D eigenvalue weighted by atomic mass is 32.1. The van der Waals surface area contributed by atoms with E-state index in [0.29, 0.717) is 59.5 Å². The molecule has 0 radical (unpaired) electrons. The largest absolute Gasteiger partial charge is 0.382 e. The molecule has 0 saturated heterocycles. The predicted octanol–water partition coefficient (Wildman–Crippen LogP) is 1.57. The van der Waals surface area contributed by atoms with Crippen LogP contribution in [0.5, 0.6) is 0 Å². The first-order valence-corrected chi connectivity index (χ1v) is 11.4. The molecular formula is C23H36N2O5S+2. The van der Waals surface area contributed by atoms with Crippen LogP contribution in [0.3, 0.4) is 0 Å². The molecule has 0 aliphatic heterocycles. The molecule has 2 heterocycles. The van der Waals surface area contributed by atoms with Crippen LogP contribution in [0.25, 0.3) is 11.1 Å². The van der Waals surface area contributed by atoms with Crippen molar-refractivity contribution in [2.75, 3.05) is 72.3 Å². The second-order valence-corrected chi connectivity index (χ2v) is 7.26. The highest BCUT2D eigenvalue weighted by molar-refractivity contribution is 7.80. The molecule has 8 heteroatoms. The average Bonchev–Trinajstić information content (AvgIpc) is 2.81. The Labute approximate surface area is 191 Å². The highest BCUT2D eigenvalue weighted by Crippen LogP contribution is 2.15. The molecule has 31 heavy (non-hydrogen) atoms. The summed E-state index contributed by atoms with van der Waals surface area (Å²) in [5.74, 6) is 0.740. The molecule has 0 bridgehead atoms. The van der Waals surface area contributed by atoms with Crippen molar-refractivity contribution in [3.8, 4) is 11.1 Å². The van der Waals surface area contributed by atoms with E-state index in [-0.39, 0.29) is 0 Å². The lowest BCUT2D eigenvalue weighted by atomic mass is 10.1. The maximum atomic E-state index is 5.60. The fourth-order valence-electron chi connectivity index (χ4n) is 2.79. The number of hydrogen-bond donors (Lipinski definition) is 1. The summed E-state index contributed by atoms with van der Waals surface area (Å²) in [5.41, 5.74) is 2.38. The Kier molecular flexibility index (Phi) is 14.1. The number of thiol groups is 1. The SMILES string of the molecule is COCCOCCOCC[n+]1ccc(-c2cc[n+](CCOCCOCCS)cc2)cc1. The van der Waals surface area contributed by atoms with Gasteiger partial charge in [-0.05, 0) is 11.1 Å². The van der Waals surface area contributed by atoms with E-state index >= 15 is 0 Å². The van der Waals surface area contributed by atoms with Crippen LogP contribution in [0.2, 0.25) is 0 Å². The van der Waals surface area contributed by atoms with Crippen molar-refractivity contribution in [3.05, 3.63) is 49.1 Å². The molecule has 2 rings (SSSR count). The van der Waals surface area contributed by atoms with Gasteiger partial charge in [-0.3, -0.25) is 0 Å². The van der Waals surface area contributed by atoms with Gasteiger partial charge >= 0.3 is 0 Å². The Balaban J connectivity index is 1.63. The van der Waals surface area contributed by atoms with Gasteiger partial charge in [0, 0.05) is 37.1 Å². The van der Waals surface area contributed by atoms with Crippen molar-refractivity contribution in [2.45, 2.75) is 13.1 Å². The number of nitrogens with zero attached hydrogens (tertiary/aromatic N) is 2. The first-order chi connectivity index (χ1) is 15.3. The van der Waals surface area contributed by atoms with Crippen LogP contribution in [0.1, 0.15) is 0 Å². The molecule has 2 aromatic rings. The van der Waals surface area contributed by atoms with Crippen molar-refractivity contribution in [2.24, 2.45) is 0 Å². The number of pyridine rings is 2. The summed E-state index contributed by atoms with van der Waals surface area (Å²) < 4.78 is 31.1. The Morgan fingerprint density at radius 1 is 0.581 bits per heavy atom. The number of aromatic nitrogens is 2. The second-order valence-electron chi connectivity index (χ2n) is 6.82. The van der Waals surface area contributed by atoms with Crippen molar-refractivity contribution in [1.29, 1.82) is 0 Å². The Morgan fingerprint density at radius 2 is 0.968 bits per heavy atom. The van der Waals surface area contributed by atoms with Crippen LogP contribution in [0, 0.1) is 0 Å². The Hall–Kier alpha value is -1.55. The van der Waals surface area contributed by atoms with Crippen molar-refractivity contribution < 1.29 is 32.8 Å². The van der Waals surface area contributed by atoms with Gasteiger partial charge in [-0.1, -0.05) is 0 Å². The van der Waals surface area contributed by atoms with Gasteiger partial charge in [0.05, 0.1) is 46.2 Å². The standard InChI is InChI=1S/C23H35N2O5S/c1-26-14-15-29-18-16-27-12-10-24-6-2-22(3-7-24)23-4-8-25(9-5-23)11-13-28-17-19-30-20-21-31/h2-9H,10-21H2,1H3/q+1/p+1. The number of hydrogen-bond acceptors (Lipinski definition) is 6. The average molecular weight is 453 g/mol. The number of rotatable bonds is 18. The minimum Gasteiger partial charge on any atom is -0.382 e. The first kappa shape index (κ1) is 25.7. The first-order valence-electron chi connectivity index (χ1n) is 10.7. The molecule has 0 spiro atoms. The third-order valence-corrected chi connectivity index (χ3v) is 4.70. The fourth-order valence-corrected chi connectivity index (χ4v) is 2.92. The molecule has 0 N–H and O–H groups in total. The van der Waals surface area contributed by atoms with E-state index in [4.69, 9.17) is 23.7 Å². The van der Waals surface area contributed by atoms with Gasteiger partial charge < -0.3 is 23.7 Å². The lowest BCUT2D eigenvalue weighted by Crippen LogP contribution is -2.35. The summed E-state index contributed by atoms with van der Waals surface area (Å²) in [6.45, 7) is 7.28. The molecule has 0 atom stereocenters. The molecule has 7 nitrogen and oxygen atoms in total. The Morgan fingerprint density at radius 3 is 1.39 bits per heavy atom. The summed E-state index contributed by atoms with van der Waals surface area (Å²) in [4.78, 5) is 0. The summed E-state index contributed by atoms with van der Waals surface area (Å²) in [5, 5.41) is 0. The zero-order valence-electron chi connectivity index (χ0n) is 18.5. The van der Waals surface area contributed by atoms with Gasteiger partial charge in [0.25, 0.3) is 0 Å². The highest BCUT2D eigenvalue weighted by Gasteiger charge is 2.06. The minimum absolute atomic E-state index is 0.595. The van der Waals surface area contributed by atoms with Crippen LogP contribution < -0.4 is 9.13 Å². The monoisotopic (exact) mass is 452 g/mol. The molecule has 0 amide bonds. The van der Waals surface area contributed by atoms with Crippen LogP contribution in [0.4, 0.5) is 0 Å². The molecule has 172 valence electrons. The third-order valence-electron chi connectivity index (χ3n) is 4.51. The van der Waals surface area contributed by atoms with Crippen molar-refractivity contribution in [3.63, 3.8) is 0 Å². The van der Waals surface area contributed by atoms with Crippen molar-refractivity contribution >= 4 is 12.6 Å². The van der Waals surface area contributed by atoms with Gasteiger partial charge in [0.2, 0.25) is 0 Å². The molecule has 0 aromatic carbocycles. The van der Waals surface area contributed by atoms with E-state index in [1.54, 1.807) is 7.11 Å². The maximum Gasteiger partial charge on any atom is 0.171 e. The van der Waals surface area contributed by atoms with Crippen LogP contribution >= 0.6 is 12.6 Å². The summed E-state index contributed by atoms with van der Waals surface area (Å²) in [7, 11) is 1.67. The van der Waals surface area contributed by atoms with E-state index < -0.39 is 0 Å². The second kappa shape index (κ2) is 17.1. The minimum atomic E-state index is 0.595. The molecule has 0 fully saturated rings. The van der Waals surface area contributed by atoms with Crippen LogP contribution in [-0.2, 0) is 36.8 Å². The molecule has 0 saturated carbocycles. The zero-order chi connectivity index (χ0) is 22.0. The molecule has 2 aromatic heterocycles. The van der Waals surface area contributed by atoms with E-state index in [1.165, 1.54) is 11.1 Å². The number of ether oxygens (including phenoxy) is 5. The zero-order valence-corrected chi connectivity index (χ0v) is 19.4. The van der Waals surface area contributed by atoms with Gasteiger partial charge in [-0.25, -0.2) is 9.13 Å². The summed E-state index contributed by atoms with van der Waals surface area (Å²) >= 11 is 4.10. The van der Waals surface area contributed by atoms with Gasteiger partial charge in [-0.15, -0.1) is 0 Å². The molecule has 0 aliphatic carbocycles. The maximum absolute atomic E-state index is 5.60. The lowest BCUT2D eigenvalue weighted by Gasteiger charge is -2.05. The van der Waals surface area contributed by atoms with E-state index in [9.17, 15) is 0 Å². The number of methoxy groups -OCH3 is 1. The van der Waals surface area contributed by atoms with E-state index in [1.807, 2.05) is 0 Å². The van der Waals surface area contributed by atoms with E-state index in [0.717, 1.165) is 18.8 Å². The Bertz CT molecular complexity index is 685.